The van der Waals surface area contributed by atoms with E-state index in [9.17, 15) is 9.59 Å². The quantitative estimate of drug-likeness (QED) is 0.379. The number of anilines is 1. The highest BCUT2D eigenvalue weighted by Gasteiger charge is 2.32. The van der Waals surface area contributed by atoms with Crippen LogP contribution in [0.25, 0.3) is 17.0 Å². The van der Waals surface area contributed by atoms with Gasteiger partial charge in [-0.3, -0.25) is 14.2 Å². The smallest absolute Gasteiger partial charge is 0.281 e. The molecule has 4 aromatic rings. The lowest BCUT2D eigenvalue weighted by Crippen LogP contribution is -2.21. The highest BCUT2D eigenvalue weighted by molar-refractivity contribution is 6.37. The first-order valence-corrected chi connectivity index (χ1v) is 10.5. The molecule has 0 fully saturated rings. The van der Waals surface area contributed by atoms with Crippen molar-refractivity contribution < 1.29 is 9.59 Å². The molecule has 0 N–H and O–H groups in total. The minimum absolute atomic E-state index is 0.0941. The highest BCUT2D eigenvalue weighted by atomic mass is 35.5. The first kappa shape index (κ1) is 20.0. The monoisotopic (exact) mass is 439 g/mol. The Bertz CT molecular complexity index is 1420. The van der Waals surface area contributed by atoms with E-state index in [1.165, 1.54) is 11.9 Å². The predicted octanol–water partition coefficient (Wildman–Crippen LogP) is 5.79. The zero-order valence-electron chi connectivity index (χ0n) is 17.2. The number of hydrogen-bond donors (Lipinski definition) is 0. The van der Waals surface area contributed by atoms with Gasteiger partial charge in [0.25, 0.3) is 5.91 Å². The molecule has 156 valence electrons. The molecule has 6 heteroatoms. The van der Waals surface area contributed by atoms with Gasteiger partial charge < -0.3 is 0 Å². The van der Waals surface area contributed by atoms with Crippen molar-refractivity contribution in [3.05, 3.63) is 107 Å². The van der Waals surface area contributed by atoms with E-state index in [0.29, 0.717) is 22.0 Å². The Hall–Kier alpha value is -3.96. The van der Waals surface area contributed by atoms with Crippen molar-refractivity contribution in [2.75, 3.05) is 5.01 Å². The number of carbonyl (C=O) groups is 2. The maximum Gasteiger partial charge on any atom is 0.281 e. The number of para-hydroxylation sites is 1. The number of amides is 1. The van der Waals surface area contributed by atoms with Gasteiger partial charge in [-0.15, -0.1) is 0 Å². The number of halogens is 1. The number of nitrogens with zero attached hydrogens (tertiary/aromatic N) is 3. The minimum atomic E-state index is -0.245. The van der Waals surface area contributed by atoms with Crippen molar-refractivity contribution in [1.82, 2.24) is 4.57 Å². The fourth-order valence-electron chi connectivity index (χ4n) is 3.85. The number of carbonyl (C=O) groups excluding carboxylic acids is 2. The van der Waals surface area contributed by atoms with Crippen LogP contribution in [-0.2, 0) is 4.79 Å². The molecule has 3 aromatic carbocycles. The molecule has 5 rings (SSSR count). The van der Waals surface area contributed by atoms with Gasteiger partial charge in [0, 0.05) is 34.7 Å². The summed E-state index contributed by atoms with van der Waals surface area (Å²) in [6.07, 6.45) is 3.58. The zero-order valence-corrected chi connectivity index (χ0v) is 18.0. The highest BCUT2D eigenvalue weighted by Crippen LogP contribution is 2.31. The third-order valence-electron chi connectivity index (χ3n) is 5.38. The lowest BCUT2D eigenvalue weighted by Gasteiger charge is -2.11. The second kappa shape index (κ2) is 7.94. The second-order valence-electron chi connectivity index (χ2n) is 7.46. The van der Waals surface area contributed by atoms with Gasteiger partial charge in [0.1, 0.15) is 5.71 Å². The van der Waals surface area contributed by atoms with Crippen molar-refractivity contribution in [3.8, 4) is 0 Å². The Kier molecular flexibility index (Phi) is 4.96. The molecule has 0 bridgehead atoms. The summed E-state index contributed by atoms with van der Waals surface area (Å²) in [5, 5.41) is 7.51. The number of hydrazone groups is 1. The van der Waals surface area contributed by atoms with Gasteiger partial charge in [-0.2, -0.15) is 10.1 Å². The van der Waals surface area contributed by atoms with E-state index >= 15 is 0 Å². The molecule has 2 heterocycles. The topological polar surface area (TPSA) is 54.7 Å². The van der Waals surface area contributed by atoms with E-state index in [1.54, 1.807) is 35.0 Å². The third kappa shape index (κ3) is 3.43. The van der Waals surface area contributed by atoms with Crippen LogP contribution in [0.5, 0.6) is 0 Å². The fourth-order valence-corrected chi connectivity index (χ4v) is 3.97. The molecule has 1 amide bonds. The summed E-state index contributed by atoms with van der Waals surface area (Å²) in [7, 11) is 0. The maximum absolute atomic E-state index is 13.5. The molecule has 5 nitrogen and oxygen atoms in total. The van der Waals surface area contributed by atoms with Crippen LogP contribution in [0.2, 0.25) is 5.02 Å². The van der Waals surface area contributed by atoms with Crippen molar-refractivity contribution in [2.24, 2.45) is 5.10 Å². The number of aromatic nitrogens is 1. The van der Waals surface area contributed by atoms with Crippen LogP contribution in [0.3, 0.4) is 0 Å². The molecule has 0 atom stereocenters. The minimum Gasteiger partial charge on any atom is -0.287 e. The van der Waals surface area contributed by atoms with E-state index in [4.69, 9.17) is 11.6 Å². The van der Waals surface area contributed by atoms with Crippen molar-refractivity contribution >= 4 is 51.8 Å². The number of fused-ring (bicyclic) bond motifs is 1. The molecule has 1 aliphatic heterocycles. The molecule has 1 aromatic heterocycles. The first-order valence-electron chi connectivity index (χ1n) is 10.1. The predicted molar refractivity (Wildman–Crippen MR) is 128 cm³/mol. The van der Waals surface area contributed by atoms with Gasteiger partial charge in [-0.05, 0) is 36.4 Å². The molecular weight excluding hydrogens is 422 g/mol. The normalized spacial score (nSPS) is 14.9. The van der Waals surface area contributed by atoms with E-state index in [2.05, 4.69) is 5.10 Å². The van der Waals surface area contributed by atoms with Crippen LogP contribution in [-0.4, -0.2) is 22.1 Å². The summed E-state index contributed by atoms with van der Waals surface area (Å²) < 4.78 is 1.59. The second-order valence-corrected chi connectivity index (χ2v) is 7.89. The molecule has 0 radical (unpaired) electrons. The Balaban J connectivity index is 1.68. The number of hydrogen-bond acceptors (Lipinski definition) is 3. The average Bonchev–Trinajstić information content (AvgIpc) is 3.34. The van der Waals surface area contributed by atoms with Gasteiger partial charge in [0.15, 0.2) is 0 Å². The fraction of sp³-hybridized carbons (Fsp3) is 0.0385. The van der Waals surface area contributed by atoms with Crippen LogP contribution >= 0.6 is 11.6 Å². The SMILES string of the molecule is CC(=O)n1cc(/C=C2\C(=O)N(c3ccc(Cl)cc3)N=C2c2ccccc2)c2ccccc21. The van der Waals surface area contributed by atoms with E-state index in [1.807, 2.05) is 60.7 Å². The summed E-state index contributed by atoms with van der Waals surface area (Å²) in [4.78, 5) is 25.6. The zero-order chi connectivity index (χ0) is 22.2. The summed E-state index contributed by atoms with van der Waals surface area (Å²) in [5.74, 6) is -0.339. The molecule has 0 saturated carbocycles. The van der Waals surface area contributed by atoms with Gasteiger partial charge in [0.2, 0.25) is 5.91 Å². The van der Waals surface area contributed by atoms with Gasteiger partial charge in [0.05, 0.1) is 16.8 Å². The van der Waals surface area contributed by atoms with Crippen LogP contribution in [0.1, 0.15) is 22.8 Å². The largest absolute Gasteiger partial charge is 0.287 e. The molecule has 0 unspecified atom stereocenters. The summed E-state index contributed by atoms with van der Waals surface area (Å²) in [5.41, 5.74) is 4.06. The van der Waals surface area contributed by atoms with E-state index in [-0.39, 0.29) is 11.8 Å². The molecule has 0 aliphatic carbocycles. The lowest BCUT2D eigenvalue weighted by molar-refractivity contribution is -0.114. The summed E-state index contributed by atoms with van der Waals surface area (Å²) >= 11 is 6.02. The Morgan fingerprint density at radius 2 is 1.62 bits per heavy atom. The summed E-state index contributed by atoms with van der Waals surface area (Å²) in [6, 6.07) is 24.2. The van der Waals surface area contributed by atoms with Crippen molar-refractivity contribution in [1.29, 1.82) is 0 Å². The molecule has 0 spiro atoms. The van der Waals surface area contributed by atoms with Crippen molar-refractivity contribution in [2.45, 2.75) is 6.92 Å². The average molecular weight is 440 g/mol. The Labute approximate surface area is 189 Å². The van der Waals surface area contributed by atoms with E-state index < -0.39 is 0 Å². The standard InChI is InChI=1S/C26H18ClN3O2/c1-17(31)29-16-19(22-9-5-6-10-24(22)29)15-23-25(18-7-3-2-4-8-18)28-30(26(23)32)21-13-11-20(27)12-14-21/h2-16H,1H3/b23-15-. The Morgan fingerprint density at radius 3 is 2.34 bits per heavy atom. The number of rotatable bonds is 3. The molecule has 32 heavy (non-hydrogen) atoms. The van der Waals surface area contributed by atoms with Gasteiger partial charge >= 0.3 is 0 Å². The van der Waals surface area contributed by atoms with Crippen LogP contribution in [0.15, 0.2) is 95.7 Å². The van der Waals surface area contributed by atoms with Crippen LogP contribution < -0.4 is 5.01 Å². The van der Waals surface area contributed by atoms with Crippen molar-refractivity contribution in [3.63, 3.8) is 0 Å². The lowest BCUT2D eigenvalue weighted by atomic mass is 10.00. The summed E-state index contributed by atoms with van der Waals surface area (Å²) in [6.45, 7) is 1.52. The van der Waals surface area contributed by atoms with Crippen LogP contribution in [0.4, 0.5) is 5.69 Å². The maximum atomic E-state index is 13.5. The molecule has 0 saturated heterocycles. The van der Waals surface area contributed by atoms with E-state index in [0.717, 1.165) is 22.0 Å². The van der Waals surface area contributed by atoms with Gasteiger partial charge in [-0.25, -0.2) is 0 Å². The van der Waals surface area contributed by atoms with Gasteiger partial charge in [-0.1, -0.05) is 60.1 Å². The third-order valence-corrected chi connectivity index (χ3v) is 5.63. The van der Waals surface area contributed by atoms with Crippen LogP contribution in [0, 0.1) is 0 Å². The first-order chi connectivity index (χ1) is 15.5. The molecular formula is C26H18ClN3O2. The Morgan fingerprint density at radius 1 is 0.938 bits per heavy atom. The number of benzene rings is 3. The molecule has 1 aliphatic rings.